The molecule has 1 rings (SSSR count). The lowest BCUT2D eigenvalue weighted by Gasteiger charge is -2.37. The SMILES string of the molecule is CN/C(N[C@@H]1O[C@H](CO[Si](C)(C)C(C)(C)C)[C@@H](O)[C@H]1O)=C(/NI)C(=N)N. The Morgan fingerprint density at radius 2 is 1.88 bits per heavy atom. The number of hydrogen-bond acceptors (Lipinski definition) is 8. The Balaban J connectivity index is 2.83. The van der Waals surface area contributed by atoms with Crippen LogP contribution in [0.5, 0.6) is 0 Å². The summed E-state index contributed by atoms with van der Waals surface area (Å²) in [6.45, 7) is 10.8. The van der Waals surface area contributed by atoms with Gasteiger partial charge in [0.2, 0.25) is 0 Å². The molecule has 8 N–H and O–H groups in total. The Labute approximate surface area is 170 Å². The molecule has 11 heteroatoms. The molecule has 1 aliphatic rings. The van der Waals surface area contributed by atoms with E-state index in [-0.39, 0.29) is 17.5 Å². The minimum Gasteiger partial charge on any atom is -0.414 e. The second-order valence-electron chi connectivity index (χ2n) is 7.80. The van der Waals surface area contributed by atoms with Gasteiger partial charge in [-0.2, -0.15) is 0 Å². The molecule has 0 unspecified atom stereocenters. The quantitative estimate of drug-likeness (QED) is 0.0828. The zero-order valence-electron chi connectivity index (χ0n) is 16.2. The maximum atomic E-state index is 10.3. The highest BCUT2D eigenvalue weighted by molar-refractivity contribution is 14.1. The molecule has 1 aliphatic heterocycles. The first-order valence-corrected chi connectivity index (χ1v) is 12.4. The minimum atomic E-state index is -1.99. The Hall–Kier alpha value is -0.603. The molecule has 152 valence electrons. The van der Waals surface area contributed by atoms with Gasteiger partial charge in [-0.25, -0.2) is 0 Å². The van der Waals surface area contributed by atoms with Crippen LogP contribution in [0, 0.1) is 5.41 Å². The molecule has 0 aliphatic carbocycles. The summed E-state index contributed by atoms with van der Waals surface area (Å²) in [5.41, 5.74) is 5.85. The predicted molar refractivity (Wildman–Crippen MR) is 112 cm³/mol. The highest BCUT2D eigenvalue weighted by Crippen LogP contribution is 2.37. The largest absolute Gasteiger partial charge is 0.414 e. The van der Waals surface area contributed by atoms with E-state index >= 15 is 0 Å². The van der Waals surface area contributed by atoms with Crippen molar-refractivity contribution in [1.82, 2.24) is 14.2 Å². The first-order valence-electron chi connectivity index (χ1n) is 8.41. The van der Waals surface area contributed by atoms with Gasteiger partial charge < -0.3 is 39.3 Å². The van der Waals surface area contributed by atoms with E-state index in [4.69, 9.17) is 20.3 Å². The molecular weight excluding hydrogens is 469 g/mol. The van der Waals surface area contributed by atoms with Crippen LogP contribution in [0.3, 0.4) is 0 Å². The van der Waals surface area contributed by atoms with E-state index in [1.165, 1.54) is 0 Å². The summed E-state index contributed by atoms with van der Waals surface area (Å²) in [6.07, 6.45) is -3.74. The number of halogens is 1. The first-order chi connectivity index (χ1) is 11.9. The average Bonchev–Trinajstić information content (AvgIpc) is 2.79. The predicted octanol–water partition coefficient (Wildman–Crippen LogP) is 0.309. The minimum absolute atomic E-state index is 0.0389. The molecule has 0 aromatic carbocycles. The van der Waals surface area contributed by atoms with Crippen molar-refractivity contribution in [3.05, 3.63) is 11.5 Å². The number of amidine groups is 1. The third-order valence-corrected chi connectivity index (χ3v) is 9.97. The van der Waals surface area contributed by atoms with Gasteiger partial charge in [0.15, 0.2) is 14.5 Å². The van der Waals surface area contributed by atoms with E-state index in [2.05, 4.69) is 48.0 Å². The van der Waals surface area contributed by atoms with Gasteiger partial charge in [0.25, 0.3) is 0 Å². The van der Waals surface area contributed by atoms with E-state index in [9.17, 15) is 10.2 Å². The van der Waals surface area contributed by atoms with Crippen LogP contribution in [0.15, 0.2) is 11.5 Å². The smallest absolute Gasteiger partial charge is 0.192 e. The van der Waals surface area contributed by atoms with Crippen LogP contribution in [0.1, 0.15) is 20.8 Å². The topological polar surface area (TPSA) is 145 Å². The first kappa shape index (κ1) is 23.4. The number of aliphatic hydroxyl groups is 2. The van der Waals surface area contributed by atoms with Crippen LogP contribution in [-0.4, -0.2) is 62.6 Å². The number of hydrogen-bond donors (Lipinski definition) is 7. The van der Waals surface area contributed by atoms with Crippen LogP contribution in [0.25, 0.3) is 0 Å². The summed E-state index contributed by atoms with van der Waals surface area (Å²) in [5, 5.41) is 34.1. The molecule has 0 amide bonds. The number of aliphatic hydroxyl groups excluding tert-OH is 2. The monoisotopic (exact) mass is 501 g/mol. The van der Waals surface area contributed by atoms with Crippen LogP contribution >= 0.6 is 22.9 Å². The van der Waals surface area contributed by atoms with Crippen LogP contribution in [-0.2, 0) is 9.16 Å². The Kier molecular flexibility index (Phi) is 8.17. The highest BCUT2D eigenvalue weighted by atomic mass is 127. The summed E-state index contributed by atoms with van der Waals surface area (Å²) >= 11 is 1.86. The van der Waals surface area contributed by atoms with Crippen LogP contribution in [0.2, 0.25) is 18.1 Å². The van der Waals surface area contributed by atoms with Gasteiger partial charge in [0.05, 0.1) is 29.5 Å². The lowest BCUT2D eigenvalue weighted by atomic mass is 10.1. The van der Waals surface area contributed by atoms with Crippen molar-refractivity contribution in [3.8, 4) is 0 Å². The molecule has 1 heterocycles. The molecule has 26 heavy (non-hydrogen) atoms. The van der Waals surface area contributed by atoms with E-state index in [0.717, 1.165) is 0 Å². The molecule has 0 radical (unpaired) electrons. The molecule has 0 bridgehead atoms. The standard InChI is InChI=1S/C15H32IN5O4Si/c1-15(2,3)26(5,6)24-7-8-10(22)11(23)14(25-8)20-13(19-4)9(21-16)12(17)18/h8,10-11,14,19-23H,7H2,1-6H3,(H3,17,18)/b13-9-/t8-,10-,11-,14-/m1/s1. The fourth-order valence-corrected chi connectivity index (χ4v) is 3.73. The van der Waals surface area contributed by atoms with Gasteiger partial charge >= 0.3 is 0 Å². The summed E-state index contributed by atoms with van der Waals surface area (Å²) in [6, 6.07) is 0. The molecular formula is C15H32IN5O4Si. The van der Waals surface area contributed by atoms with Crippen molar-refractivity contribution in [2.45, 2.75) is 63.4 Å². The van der Waals surface area contributed by atoms with E-state index in [1.54, 1.807) is 7.05 Å². The Morgan fingerprint density at radius 3 is 2.31 bits per heavy atom. The Bertz CT molecular complexity index is 541. The molecule has 9 nitrogen and oxygen atoms in total. The fourth-order valence-electron chi connectivity index (χ4n) is 2.16. The summed E-state index contributed by atoms with van der Waals surface area (Å²) in [5.74, 6) is 0.205. The van der Waals surface area contributed by atoms with Crippen LogP contribution < -0.4 is 19.9 Å². The van der Waals surface area contributed by atoms with Gasteiger partial charge in [-0.3, -0.25) is 5.41 Å². The molecule has 0 saturated carbocycles. The van der Waals surface area contributed by atoms with Gasteiger partial charge in [0.1, 0.15) is 35.7 Å². The zero-order valence-corrected chi connectivity index (χ0v) is 19.3. The second-order valence-corrected chi connectivity index (χ2v) is 13.1. The summed E-state index contributed by atoms with van der Waals surface area (Å²) in [4.78, 5) is 0. The lowest BCUT2D eigenvalue weighted by Crippen LogP contribution is -2.45. The van der Waals surface area contributed by atoms with Crippen molar-refractivity contribution < 1.29 is 19.4 Å². The Morgan fingerprint density at radius 1 is 1.31 bits per heavy atom. The molecule has 1 saturated heterocycles. The van der Waals surface area contributed by atoms with Crippen molar-refractivity contribution in [2.24, 2.45) is 5.73 Å². The van der Waals surface area contributed by atoms with Gasteiger partial charge in [-0.05, 0) is 18.1 Å². The number of nitrogens with one attached hydrogen (secondary N) is 4. The van der Waals surface area contributed by atoms with Crippen molar-refractivity contribution >= 4 is 37.0 Å². The van der Waals surface area contributed by atoms with Crippen molar-refractivity contribution in [1.29, 1.82) is 5.41 Å². The molecule has 1 fully saturated rings. The molecule has 4 atom stereocenters. The lowest BCUT2D eigenvalue weighted by molar-refractivity contribution is -0.0273. The molecule has 0 aromatic heterocycles. The third-order valence-electron chi connectivity index (χ3n) is 4.93. The van der Waals surface area contributed by atoms with E-state index in [1.807, 2.05) is 22.9 Å². The highest BCUT2D eigenvalue weighted by Gasteiger charge is 2.45. The molecule has 0 aromatic rings. The normalized spacial score (nSPS) is 27.7. The number of nitrogens with two attached hydrogens (primary N) is 1. The summed E-state index contributed by atoms with van der Waals surface area (Å²) in [7, 11) is -0.346. The van der Waals surface area contributed by atoms with Crippen LogP contribution in [0.4, 0.5) is 0 Å². The van der Waals surface area contributed by atoms with E-state index in [0.29, 0.717) is 11.5 Å². The van der Waals surface area contributed by atoms with Gasteiger partial charge in [0, 0.05) is 7.05 Å². The van der Waals surface area contributed by atoms with Crippen molar-refractivity contribution in [3.63, 3.8) is 0 Å². The zero-order chi connectivity index (χ0) is 20.3. The van der Waals surface area contributed by atoms with Crippen molar-refractivity contribution in [2.75, 3.05) is 13.7 Å². The van der Waals surface area contributed by atoms with Gasteiger partial charge in [-0.1, -0.05) is 20.8 Å². The maximum absolute atomic E-state index is 10.3. The maximum Gasteiger partial charge on any atom is 0.192 e. The third kappa shape index (κ3) is 5.45. The number of ether oxygens (including phenoxy) is 1. The van der Waals surface area contributed by atoms with E-state index < -0.39 is 32.9 Å². The fraction of sp³-hybridized carbons (Fsp3) is 0.800. The summed E-state index contributed by atoms with van der Waals surface area (Å²) < 4.78 is 14.7. The average molecular weight is 501 g/mol. The number of rotatable bonds is 8. The second kappa shape index (κ2) is 9.06. The molecule has 0 spiro atoms. The van der Waals surface area contributed by atoms with Gasteiger partial charge in [-0.15, -0.1) is 0 Å².